The summed E-state index contributed by atoms with van der Waals surface area (Å²) in [7, 11) is 0. The average Bonchev–Trinajstić information content (AvgIpc) is 3.37. The van der Waals surface area contributed by atoms with Gasteiger partial charge < -0.3 is 31.1 Å². The highest BCUT2D eigenvalue weighted by molar-refractivity contribution is 7.99. The van der Waals surface area contributed by atoms with E-state index in [1.807, 2.05) is 25.1 Å². The first-order valence-electron chi connectivity index (χ1n) is 10.9. The molecule has 1 saturated heterocycles. The molecule has 0 bridgehead atoms. The highest BCUT2D eigenvalue weighted by Gasteiger charge is 2.44. The average molecular weight is 489 g/mol. The van der Waals surface area contributed by atoms with E-state index in [2.05, 4.69) is 26.3 Å². The van der Waals surface area contributed by atoms with Crippen LogP contribution in [0.25, 0.3) is 11.2 Å². The summed E-state index contributed by atoms with van der Waals surface area (Å²) in [5.74, 6) is 0.388. The SMILES string of the molecule is Cc1cccc(CNc2ncnc3c2ncn3[C@@H]2O[C@H](CSCC[C@@H](N)C(=O)O)[C@@H](O)[C@H]2O)c1. The van der Waals surface area contributed by atoms with Crippen LogP contribution >= 0.6 is 11.8 Å². The predicted octanol–water partition coefficient (Wildman–Crippen LogP) is 0.901. The highest BCUT2D eigenvalue weighted by atomic mass is 32.2. The van der Waals surface area contributed by atoms with Gasteiger partial charge in [0.05, 0.1) is 12.4 Å². The minimum Gasteiger partial charge on any atom is -0.480 e. The van der Waals surface area contributed by atoms with E-state index in [4.69, 9.17) is 15.6 Å². The van der Waals surface area contributed by atoms with Crippen molar-refractivity contribution in [2.75, 3.05) is 16.8 Å². The minimum absolute atomic E-state index is 0.302. The van der Waals surface area contributed by atoms with Crippen LogP contribution in [0, 0.1) is 6.92 Å². The molecule has 12 heteroatoms. The summed E-state index contributed by atoms with van der Waals surface area (Å²) in [4.78, 5) is 23.9. The number of carboxylic acids is 1. The van der Waals surface area contributed by atoms with Gasteiger partial charge in [-0.15, -0.1) is 0 Å². The molecule has 1 aromatic carbocycles. The first-order valence-corrected chi connectivity index (χ1v) is 12.0. The van der Waals surface area contributed by atoms with Gasteiger partial charge in [-0.1, -0.05) is 29.8 Å². The van der Waals surface area contributed by atoms with Crippen LogP contribution in [0.1, 0.15) is 23.8 Å². The fourth-order valence-corrected chi connectivity index (χ4v) is 4.90. The number of aromatic nitrogens is 4. The summed E-state index contributed by atoms with van der Waals surface area (Å²) in [5, 5.41) is 33.3. The lowest BCUT2D eigenvalue weighted by molar-refractivity contribution is -0.138. The number of nitrogens with two attached hydrogens (primary N) is 1. The Bertz CT molecular complexity index is 1140. The van der Waals surface area contributed by atoms with Crippen molar-refractivity contribution in [2.45, 2.75) is 50.5 Å². The van der Waals surface area contributed by atoms with Gasteiger partial charge in [0, 0.05) is 12.3 Å². The monoisotopic (exact) mass is 488 g/mol. The van der Waals surface area contributed by atoms with Gasteiger partial charge in [-0.2, -0.15) is 11.8 Å². The number of hydrogen-bond acceptors (Lipinski definition) is 10. The fourth-order valence-electron chi connectivity index (χ4n) is 3.81. The maximum Gasteiger partial charge on any atom is 0.320 e. The number of aliphatic carboxylic acids is 1. The highest BCUT2D eigenvalue weighted by Crippen LogP contribution is 2.33. The van der Waals surface area contributed by atoms with E-state index in [1.165, 1.54) is 30.0 Å². The molecular weight excluding hydrogens is 460 g/mol. The van der Waals surface area contributed by atoms with E-state index >= 15 is 0 Å². The van der Waals surface area contributed by atoms with Crippen molar-refractivity contribution in [3.8, 4) is 0 Å². The number of fused-ring (bicyclic) bond motifs is 1. The van der Waals surface area contributed by atoms with Crippen LogP contribution in [0.15, 0.2) is 36.9 Å². The molecule has 11 nitrogen and oxygen atoms in total. The molecule has 6 N–H and O–H groups in total. The van der Waals surface area contributed by atoms with E-state index in [0.717, 1.165) is 5.56 Å². The van der Waals surface area contributed by atoms with Crippen molar-refractivity contribution in [3.63, 3.8) is 0 Å². The number of nitrogens with zero attached hydrogens (tertiary/aromatic N) is 4. The first-order chi connectivity index (χ1) is 16.3. The first kappa shape index (κ1) is 24.4. The number of rotatable bonds is 10. The number of anilines is 1. The van der Waals surface area contributed by atoms with Crippen LogP contribution in [0.2, 0.25) is 0 Å². The number of aliphatic hydroxyl groups excluding tert-OH is 2. The summed E-state index contributed by atoms with van der Waals surface area (Å²) in [6.07, 6.45) is -0.562. The summed E-state index contributed by atoms with van der Waals surface area (Å²) in [6.45, 7) is 2.60. The second-order valence-corrected chi connectivity index (χ2v) is 9.39. The molecule has 0 unspecified atom stereocenters. The molecule has 2 aromatic heterocycles. The lowest BCUT2D eigenvalue weighted by atomic mass is 10.1. The van der Waals surface area contributed by atoms with Gasteiger partial charge in [0.1, 0.15) is 24.6 Å². The molecule has 1 aliphatic heterocycles. The zero-order chi connectivity index (χ0) is 24.2. The molecule has 4 rings (SSSR count). The van der Waals surface area contributed by atoms with Crippen molar-refractivity contribution in [1.29, 1.82) is 0 Å². The van der Waals surface area contributed by atoms with Crippen LogP contribution in [-0.4, -0.2) is 76.7 Å². The van der Waals surface area contributed by atoms with Crippen molar-refractivity contribution in [2.24, 2.45) is 5.73 Å². The summed E-state index contributed by atoms with van der Waals surface area (Å²) >= 11 is 1.41. The van der Waals surface area contributed by atoms with Crippen molar-refractivity contribution >= 4 is 34.7 Å². The molecule has 5 atom stereocenters. The van der Waals surface area contributed by atoms with Gasteiger partial charge in [0.2, 0.25) is 0 Å². The Hall–Kier alpha value is -2.77. The standard InChI is InChI=1S/C22H28N6O5S/c1-12-3-2-4-13(7-12)8-24-19-16-20(26-10-25-19)28(11-27-16)21-18(30)17(29)15(33-21)9-34-6-5-14(23)22(31)32/h2-4,7,10-11,14-15,17-18,21,29-30H,5-6,8-9,23H2,1H3,(H,31,32)(H,24,25,26)/t14-,15-,17-,18-,21-/m1/s1. The number of aryl methyl sites for hydroxylation is 1. The van der Waals surface area contributed by atoms with Crippen LogP contribution < -0.4 is 11.1 Å². The van der Waals surface area contributed by atoms with E-state index in [1.54, 1.807) is 4.57 Å². The number of nitrogens with one attached hydrogen (secondary N) is 1. The number of carboxylic acid groups (broad SMARTS) is 1. The Morgan fingerprint density at radius 3 is 2.88 bits per heavy atom. The fraction of sp³-hybridized carbons (Fsp3) is 0.455. The number of hydrogen-bond donors (Lipinski definition) is 5. The topological polar surface area (TPSA) is 169 Å². The number of thioether (sulfide) groups is 1. The molecule has 1 aliphatic rings. The second-order valence-electron chi connectivity index (χ2n) is 8.24. The molecule has 3 aromatic rings. The Balaban J connectivity index is 1.43. The van der Waals surface area contributed by atoms with Crippen LogP contribution in [0.4, 0.5) is 5.82 Å². The van der Waals surface area contributed by atoms with Crippen LogP contribution in [-0.2, 0) is 16.1 Å². The third-order valence-electron chi connectivity index (χ3n) is 5.69. The normalized spacial score (nSPS) is 23.3. The lowest BCUT2D eigenvalue weighted by Crippen LogP contribution is -2.33. The second kappa shape index (κ2) is 10.7. The largest absolute Gasteiger partial charge is 0.480 e. The van der Waals surface area contributed by atoms with E-state index < -0.39 is 36.6 Å². The van der Waals surface area contributed by atoms with E-state index in [-0.39, 0.29) is 0 Å². The van der Waals surface area contributed by atoms with Crippen molar-refractivity contribution < 1.29 is 24.9 Å². The maximum absolute atomic E-state index is 10.8. The molecular formula is C22H28N6O5S. The molecule has 0 aliphatic carbocycles. The van der Waals surface area contributed by atoms with Crippen molar-refractivity contribution in [1.82, 2.24) is 19.5 Å². The van der Waals surface area contributed by atoms with Gasteiger partial charge in [-0.05, 0) is 24.7 Å². The number of ether oxygens (including phenoxy) is 1. The zero-order valence-electron chi connectivity index (χ0n) is 18.6. The molecule has 0 saturated carbocycles. The summed E-state index contributed by atoms with van der Waals surface area (Å²) in [5.41, 5.74) is 8.78. The summed E-state index contributed by atoms with van der Waals surface area (Å²) in [6, 6.07) is 7.21. The van der Waals surface area contributed by atoms with Crippen molar-refractivity contribution in [3.05, 3.63) is 48.0 Å². The number of imidazole rings is 1. The van der Waals surface area contributed by atoms with Gasteiger partial charge in [0.25, 0.3) is 0 Å². The van der Waals surface area contributed by atoms with E-state index in [0.29, 0.717) is 41.5 Å². The number of carbonyl (C=O) groups is 1. The Labute approximate surface area is 200 Å². The van der Waals surface area contributed by atoms with Gasteiger partial charge in [-0.25, -0.2) is 15.0 Å². The smallest absolute Gasteiger partial charge is 0.320 e. The van der Waals surface area contributed by atoms with Crippen LogP contribution in [0.5, 0.6) is 0 Å². The molecule has 182 valence electrons. The lowest BCUT2D eigenvalue weighted by Gasteiger charge is -2.16. The zero-order valence-corrected chi connectivity index (χ0v) is 19.4. The van der Waals surface area contributed by atoms with Gasteiger partial charge in [-0.3, -0.25) is 9.36 Å². The molecule has 1 fully saturated rings. The third kappa shape index (κ3) is 5.31. The molecule has 0 spiro atoms. The number of aliphatic hydroxyl groups is 2. The molecule has 34 heavy (non-hydrogen) atoms. The maximum atomic E-state index is 10.8. The molecule has 3 heterocycles. The Kier molecular flexibility index (Phi) is 7.63. The van der Waals surface area contributed by atoms with Crippen LogP contribution in [0.3, 0.4) is 0 Å². The van der Waals surface area contributed by atoms with E-state index in [9.17, 15) is 15.0 Å². The third-order valence-corrected chi connectivity index (χ3v) is 6.77. The Morgan fingerprint density at radius 2 is 2.12 bits per heavy atom. The predicted molar refractivity (Wildman–Crippen MR) is 127 cm³/mol. The number of benzene rings is 1. The minimum atomic E-state index is -1.18. The van der Waals surface area contributed by atoms with Gasteiger partial charge >= 0.3 is 5.97 Å². The van der Waals surface area contributed by atoms with Gasteiger partial charge in [0.15, 0.2) is 23.2 Å². The molecule has 0 radical (unpaired) electrons. The summed E-state index contributed by atoms with van der Waals surface area (Å²) < 4.78 is 7.54. The Morgan fingerprint density at radius 1 is 1.29 bits per heavy atom. The quantitative estimate of drug-likeness (QED) is 0.257. The molecule has 0 amide bonds.